The van der Waals surface area contributed by atoms with Crippen LogP contribution in [0.5, 0.6) is 0 Å². The Labute approximate surface area is 137 Å². The largest absolute Gasteiger partial charge is 0.444 e. The van der Waals surface area contributed by atoms with E-state index in [4.69, 9.17) is 4.74 Å². The van der Waals surface area contributed by atoms with Gasteiger partial charge in [0, 0.05) is 30.7 Å². The van der Waals surface area contributed by atoms with Crippen molar-refractivity contribution in [1.82, 2.24) is 4.90 Å². The van der Waals surface area contributed by atoms with E-state index in [0.717, 1.165) is 0 Å². The number of piperazine rings is 1. The summed E-state index contributed by atoms with van der Waals surface area (Å²) in [5, 5.41) is 0. The lowest BCUT2D eigenvalue weighted by Crippen LogP contribution is -2.50. The predicted molar refractivity (Wildman–Crippen MR) is 84.1 cm³/mol. The Hall–Kier alpha value is -1.37. The van der Waals surface area contributed by atoms with Gasteiger partial charge in [0.2, 0.25) is 0 Å². The van der Waals surface area contributed by atoms with Gasteiger partial charge in [0.05, 0.1) is 0 Å². The van der Waals surface area contributed by atoms with Crippen molar-refractivity contribution >= 4 is 27.7 Å². The van der Waals surface area contributed by atoms with Gasteiger partial charge >= 0.3 is 6.09 Å². The smallest absolute Gasteiger partial charge is 0.410 e. The van der Waals surface area contributed by atoms with Crippen molar-refractivity contribution in [2.24, 2.45) is 0 Å². The third-order valence-corrected chi connectivity index (χ3v) is 3.69. The number of amides is 1. The SMILES string of the molecule is CC(C)(C)OC(=O)N1CCN(c2c(F)cc(Br)cc2F)CC1. The highest BCUT2D eigenvalue weighted by molar-refractivity contribution is 9.10. The highest BCUT2D eigenvalue weighted by Gasteiger charge is 2.28. The second-order valence-electron chi connectivity index (χ2n) is 6.17. The molecule has 1 aromatic carbocycles. The quantitative estimate of drug-likeness (QED) is 0.747. The van der Waals surface area contributed by atoms with Crippen molar-refractivity contribution in [2.45, 2.75) is 26.4 Å². The van der Waals surface area contributed by atoms with Gasteiger partial charge in [-0.15, -0.1) is 0 Å². The molecule has 0 bridgehead atoms. The van der Waals surface area contributed by atoms with E-state index < -0.39 is 23.3 Å². The molecule has 1 aliphatic heterocycles. The van der Waals surface area contributed by atoms with Gasteiger partial charge in [0.15, 0.2) is 11.6 Å². The molecule has 1 aromatic rings. The van der Waals surface area contributed by atoms with E-state index in [9.17, 15) is 13.6 Å². The summed E-state index contributed by atoms with van der Waals surface area (Å²) in [5.74, 6) is -1.23. The number of halogens is 3. The summed E-state index contributed by atoms with van der Waals surface area (Å²) in [5.41, 5.74) is -0.606. The average Bonchev–Trinajstić information content (AvgIpc) is 2.36. The van der Waals surface area contributed by atoms with Crippen LogP contribution >= 0.6 is 15.9 Å². The maximum absolute atomic E-state index is 14.0. The van der Waals surface area contributed by atoms with Gasteiger partial charge in [-0.2, -0.15) is 0 Å². The Kier molecular flexibility index (Phi) is 4.94. The summed E-state index contributed by atoms with van der Waals surface area (Å²) >= 11 is 3.06. The molecule has 0 spiro atoms. The van der Waals surface area contributed by atoms with Crippen LogP contribution in [0.2, 0.25) is 0 Å². The number of rotatable bonds is 1. The minimum Gasteiger partial charge on any atom is -0.444 e. The standard InChI is InChI=1S/C15H19BrF2N2O2/c1-15(2,3)22-14(21)20-6-4-19(5-7-20)13-11(17)8-10(16)9-12(13)18/h8-9H,4-7H2,1-3H3. The zero-order chi connectivity index (χ0) is 16.5. The van der Waals surface area contributed by atoms with Crippen LogP contribution < -0.4 is 4.90 Å². The first-order chi connectivity index (χ1) is 10.2. The van der Waals surface area contributed by atoms with Crippen LogP contribution in [0.15, 0.2) is 16.6 Å². The summed E-state index contributed by atoms with van der Waals surface area (Å²) in [6.07, 6.45) is -0.399. The highest BCUT2D eigenvalue weighted by Crippen LogP contribution is 2.28. The van der Waals surface area contributed by atoms with E-state index in [2.05, 4.69) is 15.9 Å². The minimum absolute atomic E-state index is 0.0490. The molecule has 122 valence electrons. The van der Waals surface area contributed by atoms with E-state index in [1.807, 2.05) is 0 Å². The molecule has 1 aliphatic rings. The third kappa shape index (κ3) is 4.09. The Morgan fingerprint density at radius 3 is 2.09 bits per heavy atom. The number of hydrogen-bond acceptors (Lipinski definition) is 3. The molecule has 0 aromatic heterocycles. The molecule has 0 saturated carbocycles. The Morgan fingerprint density at radius 1 is 1.14 bits per heavy atom. The van der Waals surface area contributed by atoms with Gasteiger partial charge in [-0.25, -0.2) is 13.6 Å². The van der Waals surface area contributed by atoms with Crippen molar-refractivity contribution in [3.63, 3.8) is 0 Å². The van der Waals surface area contributed by atoms with Crippen LogP contribution in [0.4, 0.5) is 19.3 Å². The molecule has 4 nitrogen and oxygen atoms in total. The fraction of sp³-hybridized carbons (Fsp3) is 0.533. The lowest BCUT2D eigenvalue weighted by atomic mass is 10.2. The number of carbonyl (C=O) groups is 1. The second kappa shape index (κ2) is 6.40. The van der Waals surface area contributed by atoms with Crippen molar-refractivity contribution in [3.8, 4) is 0 Å². The van der Waals surface area contributed by atoms with Crippen LogP contribution in [0.1, 0.15) is 20.8 Å². The lowest BCUT2D eigenvalue weighted by molar-refractivity contribution is 0.0240. The first kappa shape index (κ1) is 17.0. The van der Waals surface area contributed by atoms with E-state index >= 15 is 0 Å². The van der Waals surface area contributed by atoms with Crippen LogP contribution in [0.3, 0.4) is 0 Å². The molecule has 22 heavy (non-hydrogen) atoms. The summed E-state index contributed by atoms with van der Waals surface area (Å²) in [6, 6.07) is 2.47. The summed E-state index contributed by atoms with van der Waals surface area (Å²) < 4.78 is 33.6. The molecule has 1 saturated heterocycles. The molecule has 0 radical (unpaired) electrons. The summed E-state index contributed by atoms with van der Waals surface area (Å²) in [6.45, 7) is 6.84. The minimum atomic E-state index is -0.613. The maximum Gasteiger partial charge on any atom is 0.410 e. The molecule has 0 atom stereocenters. The van der Waals surface area contributed by atoms with Crippen molar-refractivity contribution in [2.75, 3.05) is 31.1 Å². The molecule has 0 aliphatic carbocycles. The van der Waals surface area contributed by atoms with Crippen molar-refractivity contribution < 1.29 is 18.3 Å². The molecular weight excluding hydrogens is 358 g/mol. The summed E-state index contributed by atoms with van der Waals surface area (Å²) in [7, 11) is 0. The van der Waals surface area contributed by atoms with E-state index in [-0.39, 0.29) is 5.69 Å². The van der Waals surface area contributed by atoms with Crippen molar-refractivity contribution in [1.29, 1.82) is 0 Å². The number of nitrogens with zero attached hydrogens (tertiary/aromatic N) is 2. The fourth-order valence-corrected chi connectivity index (χ4v) is 2.68. The Morgan fingerprint density at radius 2 is 1.64 bits per heavy atom. The fourth-order valence-electron chi connectivity index (χ4n) is 2.28. The van der Waals surface area contributed by atoms with Crippen LogP contribution in [-0.2, 0) is 4.74 Å². The van der Waals surface area contributed by atoms with Gasteiger partial charge in [-0.1, -0.05) is 15.9 Å². The van der Waals surface area contributed by atoms with E-state index in [1.54, 1.807) is 30.6 Å². The first-order valence-corrected chi connectivity index (χ1v) is 7.84. The predicted octanol–water partition coefficient (Wildman–Crippen LogP) is 3.78. The second-order valence-corrected chi connectivity index (χ2v) is 7.09. The summed E-state index contributed by atoms with van der Waals surface area (Å²) in [4.78, 5) is 15.1. The van der Waals surface area contributed by atoms with Gasteiger partial charge in [0.1, 0.15) is 11.3 Å². The molecule has 7 heteroatoms. The monoisotopic (exact) mass is 376 g/mol. The van der Waals surface area contributed by atoms with Crippen LogP contribution in [0, 0.1) is 11.6 Å². The zero-order valence-corrected chi connectivity index (χ0v) is 14.4. The van der Waals surface area contributed by atoms with E-state index in [1.165, 1.54) is 12.1 Å². The van der Waals surface area contributed by atoms with Crippen molar-refractivity contribution in [3.05, 3.63) is 28.2 Å². The topological polar surface area (TPSA) is 32.8 Å². The van der Waals surface area contributed by atoms with Crippen LogP contribution in [0.25, 0.3) is 0 Å². The van der Waals surface area contributed by atoms with Crippen LogP contribution in [-0.4, -0.2) is 42.8 Å². The molecule has 2 rings (SSSR count). The van der Waals surface area contributed by atoms with Gasteiger partial charge < -0.3 is 14.5 Å². The molecule has 1 heterocycles. The third-order valence-electron chi connectivity index (χ3n) is 3.23. The van der Waals surface area contributed by atoms with Gasteiger partial charge in [-0.05, 0) is 32.9 Å². The molecule has 0 N–H and O–H groups in total. The first-order valence-electron chi connectivity index (χ1n) is 7.05. The molecule has 1 amide bonds. The van der Waals surface area contributed by atoms with E-state index in [0.29, 0.717) is 30.7 Å². The van der Waals surface area contributed by atoms with Gasteiger partial charge in [-0.3, -0.25) is 0 Å². The normalized spacial score (nSPS) is 15.9. The highest BCUT2D eigenvalue weighted by atomic mass is 79.9. The Bertz CT molecular complexity index is 544. The lowest BCUT2D eigenvalue weighted by Gasteiger charge is -2.36. The number of carbonyl (C=O) groups excluding carboxylic acids is 1. The number of benzene rings is 1. The Balaban J connectivity index is 2.02. The molecular formula is C15H19BrF2N2O2. The zero-order valence-electron chi connectivity index (χ0n) is 12.8. The van der Waals surface area contributed by atoms with Gasteiger partial charge in [0.25, 0.3) is 0 Å². The maximum atomic E-state index is 14.0. The molecule has 0 unspecified atom stereocenters. The number of anilines is 1. The average molecular weight is 377 g/mol. The number of hydrogen-bond donors (Lipinski definition) is 0. The number of ether oxygens (including phenoxy) is 1. The molecule has 1 fully saturated rings.